The molecule has 0 nitrogen and oxygen atoms in total. The van der Waals surface area contributed by atoms with Gasteiger partial charge in [0.05, 0.1) is 0 Å². The zero-order chi connectivity index (χ0) is 17.2. The van der Waals surface area contributed by atoms with Crippen LogP contribution in [0.4, 0.5) is 0 Å². The van der Waals surface area contributed by atoms with Crippen LogP contribution in [0.25, 0.3) is 12.2 Å². The molecule has 2 rings (SSSR count). The van der Waals surface area contributed by atoms with E-state index >= 15 is 0 Å². The van der Waals surface area contributed by atoms with Crippen LogP contribution in [0, 0.1) is 0 Å². The third-order valence-electron chi connectivity index (χ3n) is 3.88. The van der Waals surface area contributed by atoms with E-state index in [0.29, 0.717) is 0 Å². The van der Waals surface area contributed by atoms with Crippen LogP contribution in [0.2, 0.25) is 0 Å². The summed E-state index contributed by atoms with van der Waals surface area (Å²) in [5.41, 5.74) is 5.22. The fourth-order valence-electron chi connectivity index (χ4n) is 2.66. The standard InChI is InChI=1S/C23H25Br/c1-3-4-15-22(17-20-11-7-5-8-12-20)23(16-19(2)24)18-21-13-9-6-10-14-21/h5-14,17-18H,2-4,15-16H2,1H3/b22-17+,23-18-. The molecule has 0 saturated heterocycles. The number of hydrogen-bond acceptors (Lipinski definition) is 0. The molecule has 0 unspecified atom stereocenters. The first kappa shape index (κ1) is 18.5. The molecule has 0 fully saturated rings. The first-order valence-electron chi connectivity index (χ1n) is 8.54. The summed E-state index contributed by atoms with van der Waals surface area (Å²) in [4.78, 5) is 0. The highest BCUT2D eigenvalue weighted by Gasteiger charge is 2.07. The molecule has 0 spiro atoms. The van der Waals surface area contributed by atoms with Crippen LogP contribution in [0.5, 0.6) is 0 Å². The SMILES string of the molecule is C=C(Br)CC(=C/c1ccccc1)/C(=C/c1ccccc1)CCCC. The molecule has 0 aromatic heterocycles. The van der Waals surface area contributed by atoms with E-state index < -0.39 is 0 Å². The second kappa shape index (κ2) is 10.1. The van der Waals surface area contributed by atoms with Crippen molar-refractivity contribution in [2.45, 2.75) is 32.6 Å². The fraction of sp³-hybridized carbons (Fsp3) is 0.217. The van der Waals surface area contributed by atoms with Gasteiger partial charge in [0, 0.05) is 6.42 Å². The average Bonchev–Trinajstić information content (AvgIpc) is 2.59. The van der Waals surface area contributed by atoms with Gasteiger partial charge in [0.15, 0.2) is 0 Å². The van der Waals surface area contributed by atoms with Gasteiger partial charge in [-0.05, 0) is 39.6 Å². The van der Waals surface area contributed by atoms with E-state index in [1.807, 2.05) is 0 Å². The van der Waals surface area contributed by atoms with Crippen molar-refractivity contribution in [2.24, 2.45) is 0 Å². The lowest BCUT2D eigenvalue weighted by Crippen LogP contribution is -1.93. The number of rotatable bonds is 8. The Balaban J connectivity index is 2.42. The Morgan fingerprint density at radius 1 is 0.875 bits per heavy atom. The van der Waals surface area contributed by atoms with Gasteiger partial charge in [0.1, 0.15) is 0 Å². The number of unbranched alkanes of at least 4 members (excludes halogenated alkanes) is 1. The van der Waals surface area contributed by atoms with Crippen molar-refractivity contribution in [3.05, 3.63) is 94.0 Å². The van der Waals surface area contributed by atoms with Gasteiger partial charge in [0.2, 0.25) is 0 Å². The predicted molar refractivity (Wildman–Crippen MR) is 111 cm³/mol. The van der Waals surface area contributed by atoms with Gasteiger partial charge in [-0.15, -0.1) is 0 Å². The molecule has 0 aliphatic rings. The molecule has 0 aliphatic carbocycles. The Bertz CT molecular complexity index is 693. The maximum absolute atomic E-state index is 4.05. The van der Waals surface area contributed by atoms with Crippen LogP contribution < -0.4 is 0 Å². The normalized spacial score (nSPS) is 12.2. The second-order valence-corrected chi connectivity index (χ2v) is 7.08. The summed E-state index contributed by atoms with van der Waals surface area (Å²) >= 11 is 3.55. The molecule has 24 heavy (non-hydrogen) atoms. The number of benzene rings is 2. The van der Waals surface area contributed by atoms with Gasteiger partial charge < -0.3 is 0 Å². The molecule has 2 aromatic carbocycles. The third-order valence-corrected chi connectivity index (χ3v) is 4.16. The van der Waals surface area contributed by atoms with E-state index in [4.69, 9.17) is 0 Å². The van der Waals surface area contributed by atoms with Crippen molar-refractivity contribution in [1.82, 2.24) is 0 Å². The monoisotopic (exact) mass is 380 g/mol. The molecule has 2 aromatic rings. The Hall–Kier alpha value is -1.86. The largest absolute Gasteiger partial charge is 0.0885 e. The molecule has 0 aliphatic heterocycles. The molecule has 0 N–H and O–H groups in total. The van der Waals surface area contributed by atoms with E-state index in [2.05, 4.69) is 102 Å². The third kappa shape index (κ3) is 6.33. The minimum atomic E-state index is 0.845. The number of allylic oxidation sites excluding steroid dienone is 3. The maximum atomic E-state index is 4.05. The van der Waals surface area contributed by atoms with Crippen molar-refractivity contribution >= 4 is 28.1 Å². The van der Waals surface area contributed by atoms with Crippen LogP contribution in [-0.4, -0.2) is 0 Å². The Morgan fingerprint density at radius 3 is 1.83 bits per heavy atom. The average molecular weight is 381 g/mol. The molecule has 0 radical (unpaired) electrons. The van der Waals surface area contributed by atoms with Crippen molar-refractivity contribution in [3.63, 3.8) is 0 Å². The van der Waals surface area contributed by atoms with Crippen molar-refractivity contribution in [1.29, 1.82) is 0 Å². The number of halogens is 1. The first-order chi connectivity index (χ1) is 11.7. The highest BCUT2D eigenvalue weighted by atomic mass is 79.9. The topological polar surface area (TPSA) is 0 Å². The van der Waals surface area contributed by atoms with Crippen LogP contribution in [0.3, 0.4) is 0 Å². The van der Waals surface area contributed by atoms with Crippen molar-refractivity contribution in [2.75, 3.05) is 0 Å². The maximum Gasteiger partial charge on any atom is 0.00376 e. The van der Waals surface area contributed by atoms with Gasteiger partial charge in [-0.3, -0.25) is 0 Å². The Kier molecular flexibility index (Phi) is 7.77. The summed E-state index contributed by atoms with van der Waals surface area (Å²) in [6.45, 7) is 6.30. The minimum Gasteiger partial charge on any atom is -0.0885 e. The van der Waals surface area contributed by atoms with E-state index in [1.54, 1.807) is 0 Å². The molecule has 0 bridgehead atoms. The molecular weight excluding hydrogens is 356 g/mol. The van der Waals surface area contributed by atoms with Crippen LogP contribution in [0.1, 0.15) is 43.7 Å². The fourth-order valence-corrected chi connectivity index (χ4v) is 2.96. The Labute approximate surface area is 154 Å². The van der Waals surface area contributed by atoms with Crippen molar-refractivity contribution < 1.29 is 0 Å². The Morgan fingerprint density at radius 2 is 1.38 bits per heavy atom. The van der Waals surface area contributed by atoms with E-state index in [9.17, 15) is 0 Å². The van der Waals surface area contributed by atoms with Crippen LogP contribution >= 0.6 is 15.9 Å². The predicted octanol–water partition coefficient (Wildman–Crippen LogP) is 7.64. The van der Waals surface area contributed by atoms with Crippen molar-refractivity contribution in [3.8, 4) is 0 Å². The van der Waals surface area contributed by atoms with E-state index in [0.717, 1.165) is 17.3 Å². The van der Waals surface area contributed by atoms with Gasteiger partial charge in [-0.25, -0.2) is 0 Å². The molecule has 124 valence electrons. The van der Waals surface area contributed by atoms with E-state index in [1.165, 1.54) is 35.1 Å². The summed E-state index contributed by atoms with van der Waals surface area (Å²) in [5, 5.41) is 0. The van der Waals surface area contributed by atoms with Gasteiger partial charge in [0.25, 0.3) is 0 Å². The second-order valence-electron chi connectivity index (χ2n) is 5.96. The molecular formula is C23H25Br. The highest BCUT2D eigenvalue weighted by Crippen LogP contribution is 2.29. The summed E-state index contributed by atoms with van der Waals surface area (Å²) in [7, 11) is 0. The zero-order valence-electron chi connectivity index (χ0n) is 14.3. The first-order valence-corrected chi connectivity index (χ1v) is 9.33. The molecule has 0 amide bonds. The summed E-state index contributed by atoms with van der Waals surface area (Å²) in [6, 6.07) is 21.1. The van der Waals surface area contributed by atoms with E-state index in [-0.39, 0.29) is 0 Å². The molecule has 0 saturated carbocycles. The van der Waals surface area contributed by atoms with Crippen LogP contribution in [0.15, 0.2) is 82.9 Å². The van der Waals surface area contributed by atoms with Gasteiger partial charge >= 0.3 is 0 Å². The summed E-state index contributed by atoms with van der Waals surface area (Å²) in [6.07, 6.45) is 8.93. The lowest BCUT2D eigenvalue weighted by molar-refractivity contribution is 0.792. The van der Waals surface area contributed by atoms with Gasteiger partial charge in [-0.1, -0.05) is 109 Å². The zero-order valence-corrected chi connectivity index (χ0v) is 15.9. The lowest BCUT2D eigenvalue weighted by Gasteiger charge is -2.13. The minimum absolute atomic E-state index is 0.845. The smallest absolute Gasteiger partial charge is 0.00376 e. The highest BCUT2D eigenvalue weighted by molar-refractivity contribution is 9.11. The molecule has 0 heterocycles. The molecule has 1 heteroatoms. The number of hydrogen-bond donors (Lipinski definition) is 0. The summed E-state index contributed by atoms with van der Waals surface area (Å²) in [5.74, 6) is 0. The molecule has 0 atom stereocenters. The quantitative estimate of drug-likeness (QED) is 0.412. The van der Waals surface area contributed by atoms with Gasteiger partial charge in [-0.2, -0.15) is 0 Å². The van der Waals surface area contributed by atoms with Crippen LogP contribution in [-0.2, 0) is 0 Å². The lowest BCUT2D eigenvalue weighted by atomic mass is 9.93. The summed E-state index contributed by atoms with van der Waals surface area (Å²) < 4.78 is 1.01.